The summed E-state index contributed by atoms with van der Waals surface area (Å²) in [4.78, 5) is 11.3. The Labute approximate surface area is 146 Å². The van der Waals surface area contributed by atoms with Gasteiger partial charge in [-0.15, -0.1) is 0 Å². The number of ether oxygens (including phenoxy) is 1. The minimum absolute atomic E-state index is 0.129. The number of aliphatic hydroxyl groups is 2. The number of methoxy groups -OCH3 is 1. The largest absolute Gasteiger partial charge is 0.469 e. The van der Waals surface area contributed by atoms with E-state index >= 15 is 0 Å². The van der Waals surface area contributed by atoms with Crippen molar-refractivity contribution in [2.24, 2.45) is 17.8 Å². The lowest BCUT2D eigenvalue weighted by molar-refractivity contribution is -0.141. The lowest BCUT2D eigenvalue weighted by atomic mass is 9.85. The Balaban J connectivity index is 2.43. The maximum Gasteiger partial charge on any atom is 0.305 e. The number of hydrogen-bond donors (Lipinski definition) is 2. The molecular weight excluding hydrogens is 304 g/mol. The number of esters is 1. The van der Waals surface area contributed by atoms with E-state index in [4.69, 9.17) is 4.74 Å². The maximum atomic E-state index is 11.3. The topological polar surface area (TPSA) is 66.8 Å². The van der Waals surface area contributed by atoms with Gasteiger partial charge in [-0.1, -0.05) is 57.4 Å². The lowest BCUT2D eigenvalue weighted by Gasteiger charge is -2.22. The highest BCUT2D eigenvalue weighted by atomic mass is 16.5. The van der Waals surface area contributed by atoms with Gasteiger partial charge in [-0.25, -0.2) is 0 Å². The number of aliphatic hydroxyl groups excluding tert-OH is 2. The Bertz CT molecular complexity index is 416. The molecule has 138 valence electrons. The highest BCUT2D eigenvalue weighted by molar-refractivity contribution is 5.69. The van der Waals surface area contributed by atoms with Gasteiger partial charge in [0.2, 0.25) is 0 Å². The van der Waals surface area contributed by atoms with Gasteiger partial charge in [0, 0.05) is 12.3 Å². The number of hydrogen-bond acceptors (Lipinski definition) is 4. The Morgan fingerprint density at radius 1 is 1.29 bits per heavy atom. The summed E-state index contributed by atoms with van der Waals surface area (Å²) in [5.74, 6) is 0.351. The van der Waals surface area contributed by atoms with Crippen LogP contribution in [0.4, 0.5) is 0 Å². The fraction of sp³-hybridized carbons (Fsp3) is 0.750. The molecule has 0 saturated carbocycles. The van der Waals surface area contributed by atoms with Crippen molar-refractivity contribution < 1.29 is 19.7 Å². The molecule has 2 N–H and O–H groups in total. The Kier molecular flexibility index (Phi) is 9.96. The summed E-state index contributed by atoms with van der Waals surface area (Å²) in [5.41, 5.74) is 0. The molecular formula is C20H34O4. The molecule has 1 aliphatic carbocycles. The number of unbranched alkanes of at least 4 members (excludes halogenated alkanes) is 2. The number of carbonyl (C=O) groups excluding carboxylic acids is 1. The second-order valence-corrected chi connectivity index (χ2v) is 7.03. The van der Waals surface area contributed by atoms with Gasteiger partial charge in [0.15, 0.2) is 0 Å². The van der Waals surface area contributed by atoms with Crippen molar-refractivity contribution >= 4 is 5.97 Å². The quantitative estimate of drug-likeness (QED) is 0.343. The molecule has 0 saturated heterocycles. The molecule has 4 heteroatoms. The summed E-state index contributed by atoms with van der Waals surface area (Å²) < 4.78 is 4.70. The van der Waals surface area contributed by atoms with Crippen LogP contribution in [-0.2, 0) is 9.53 Å². The van der Waals surface area contributed by atoms with Gasteiger partial charge in [-0.2, -0.15) is 0 Å². The van der Waals surface area contributed by atoms with E-state index in [2.05, 4.69) is 6.92 Å². The predicted molar refractivity (Wildman–Crippen MR) is 96.4 cm³/mol. The first kappa shape index (κ1) is 20.9. The molecule has 0 aliphatic heterocycles. The van der Waals surface area contributed by atoms with E-state index < -0.39 is 12.2 Å². The van der Waals surface area contributed by atoms with Gasteiger partial charge >= 0.3 is 5.97 Å². The molecule has 0 amide bonds. The van der Waals surface area contributed by atoms with Gasteiger partial charge in [-0.3, -0.25) is 4.79 Å². The maximum absolute atomic E-state index is 11.3. The molecule has 1 rings (SSSR count). The SMILES string of the molecule is CCCCCC(O)C=C[C@H]1C=C[C@@H](O)[C@H]1CCC(C)CC(=O)OC. The predicted octanol–water partition coefficient (Wildman–Crippen LogP) is 3.63. The Hall–Kier alpha value is -1.13. The molecule has 0 radical (unpaired) electrons. The summed E-state index contributed by atoms with van der Waals surface area (Å²) in [6.45, 7) is 4.19. The second kappa shape index (κ2) is 11.4. The van der Waals surface area contributed by atoms with Crippen LogP contribution >= 0.6 is 0 Å². The van der Waals surface area contributed by atoms with Gasteiger partial charge < -0.3 is 14.9 Å². The van der Waals surface area contributed by atoms with Crippen LogP contribution in [-0.4, -0.2) is 35.5 Å². The first-order valence-corrected chi connectivity index (χ1v) is 9.27. The normalized spacial score (nSPS) is 26.0. The molecule has 0 spiro atoms. The zero-order valence-electron chi connectivity index (χ0n) is 15.4. The molecule has 0 fully saturated rings. The fourth-order valence-corrected chi connectivity index (χ4v) is 3.23. The molecule has 0 heterocycles. The van der Waals surface area contributed by atoms with E-state index in [0.717, 1.165) is 38.5 Å². The first-order chi connectivity index (χ1) is 11.5. The average molecular weight is 338 g/mol. The van der Waals surface area contributed by atoms with Gasteiger partial charge in [0.1, 0.15) is 0 Å². The van der Waals surface area contributed by atoms with E-state index in [1.165, 1.54) is 7.11 Å². The molecule has 4 nitrogen and oxygen atoms in total. The summed E-state index contributed by atoms with van der Waals surface area (Å²) in [6.07, 6.45) is 13.2. The van der Waals surface area contributed by atoms with Crippen molar-refractivity contribution in [1.29, 1.82) is 0 Å². The Morgan fingerprint density at radius 2 is 2.04 bits per heavy atom. The van der Waals surface area contributed by atoms with Crippen molar-refractivity contribution in [2.45, 2.75) is 71.0 Å². The monoisotopic (exact) mass is 338 g/mol. The van der Waals surface area contributed by atoms with Crippen LogP contribution in [0.5, 0.6) is 0 Å². The highest BCUT2D eigenvalue weighted by Gasteiger charge is 2.29. The van der Waals surface area contributed by atoms with E-state index in [1.54, 1.807) is 0 Å². The molecule has 5 atom stereocenters. The van der Waals surface area contributed by atoms with Gasteiger partial charge in [0.05, 0.1) is 19.3 Å². The smallest absolute Gasteiger partial charge is 0.305 e. The summed E-state index contributed by atoms with van der Waals surface area (Å²) >= 11 is 0. The van der Waals surface area contributed by atoms with Gasteiger partial charge in [0.25, 0.3) is 0 Å². The summed E-state index contributed by atoms with van der Waals surface area (Å²) in [6, 6.07) is 0. The van der Waals surface area contributed by atoms with Crippen molar-refractivity contribution in [3.05, 3.63) is 24.3 Å². The lowest BCUT2D eigenvalue weighted by Crippen LogP contribution is -2.20. The summed E-state index contributed by atoms with van der Waals surface area (Å²) in [5, 5.41) is 20.2. The molecule has 2 unspecified atom stereocenters. The van der Waals surface area contributed by atoms with Crippen LogP contribution in [0.15, 0.2) is 24.3 Å². The zero-order valence-corrected chi connectivity index (χ0v) is 15.4. The third-order valence-corrected chi connectivity index (χ3v) is 4.86. The zero-order chi connectivity index (χ0) is 17.9. The molecule has 24 heavy (non-hydrogen) atoms. The van der Waals surface area contributed by atoms with E-state index in [-0.39, 0.29) is 23.7 Å². The van der Waals surface area contributed by atoms with Crippen molar-refractivity contribution in [3.8, 4) is 0 Å². The third kappa shape index (κ3) is 7.63. The van der Waals surface area contributed by atoms with Crippen LogP contribution in [0.1, 0.15) is 58.8 Å². The highest BCUT2D eigenvalue weighted by Crippen LogP contribution is 2.32. The van der Waals surface area contributed by atoms with E-state index in [1.807, 2.05) is 31.2 Å². The minimum Gasteiger partial charge on any atom is -0.469 e. The van der Waals surface area contributed by atoms with Crippen LogP contribution in [0.3, 0.4) is 0 Å². The summed E-state index contributed by atoms with van der Waals surface area (Å²) in [7, 11) is 1.41. The van der Waals surface area contributed by atoms with Crippen LogP contribution < -0.4 is 0 Å². The van der Waals surface area contributed by atoms with E-state index in [9.17, 15) is 15.0 Å². The average Bonchev–Trinajstić information content (AvgIpc) is 2.91. The van der Waals surface area contributed by atoms with Crippen molar-refractivity contribution in [3.63, 3.8) is 0 Å². The van der Waals surface area contributed by atoms with Crippen LogP contribution in [0, 0.1) is 17.8 Å². The molecule has 0 aromatic carbocycles. The number of rotatable bonds is 11. The molecule has 0 aromatic rings. The first-order valence-electron chi connectivity index (χ1n) is 9.27. The third-order valence-electron chi connectivity index (χ3n) is 4.86. The standard InChI is InChI=1S/C20H34O4/c1-4-5-6-7-17(21)11-9-16-10-13-19(22)18(16)12-8-15(2)14-20(23)24-3/h9-11,13,15-19,21-22H,4-8,12,14H2,1-3H3/t15?,16-,17?,18-,19+/m0/s1. The Morgan fingerprint density at radius 3 is 2.71 bits per heavy atom. The molecule has 0 aromatic heterocycles. The minimum atomic E-state index is -0.442. The van der Waals surface area contributed by atoms with Gasteiger partial charge in [-0.05, 0) is 31.1 Å². The van der Waals surface area contributed by atoms with Crippen molar-refractivity contribution in [1.82, 2.24) is 0 Å². The molecule has 0 bridgehead atoms. The fourth-order valence-electron chi connectivity index (χ4n) is 3.23. The molecule has 1 aliphatic rings. The van der Waals surface area contributed by atoms with Crippen LogP contribution in [0.2, 0.25) is 0 Å². The van der Waals surface area contributed by atoms with Crippen molar-refractivity contribution in [2.75, 3.05) is 7.11 Å². The number of carbonyl (C=O) groups is 1. The second-order valence-electron chi connectivity index (χ2n) is 7.03. The number of allylic oxidation sites excluding steroid dienone is 2. The van der Waals surface area contributed by atoms with Crippen LogP contribution in [0.25, 0.3) is 0 Å². The van der Waals surface area contributed by atoms with E-state index in [0.29, 0.717) is 6.42 Å².